The summed E-state index contributed by atoms with van der Waals surface area (Å²) in [5.41, 5.74) is 5.12. The lowest BCUT2D eigenvalue weighted by Crippen LogP contribution is -2.37. The van der Waals surface area contributed by atoms with Gasteiger partial charge in [-0.25, -0.2) is 0 Å². The van der Waals surface area contributed by atoms with Crippen LogP contribution in [0.15, 0.2) is 29.8 Å². The normalized spacial score (nSPS) is 37.4. The predicted molar refractivity (Wildman–Crippen MR) is 86.5 cm³/mol. The molecular formula is C20H26O. The summed E-state index contributed by atoms with van der Waals surface area (Å²) in [4.78, 5) is 0. The lowest BCUT2D eigenvalue weighted by atomic mass is 9.57. The van der Waals surface area contributed by atoms with Crippen LogP contribution in [0.25, 0.3) is 0 Å². The zero-order valence-electron chi connectivity index (χ0n) is 13.2. The van der Waals surface area contributed by atoms with Crippen LogP contribution in [0.2, 0.25) is 0 Å². The van der Waals surface area contributed by atoms with Crippen LogP contribution in [0.1, 0.15) is 63.0 Å². The molecule has 1 nitrogen and oxygen atoms in total. The molecule has 0 radical (unpaired) electrons. The number of fused-ring (bicyclic) bond motifs is 5. The van der Waals surface area contributed by atoms with Gasteiger partial charge in [0.15, 0.2) is 0 Å². The van der Waals surface area contributed by atoms with Crippen LogP contribution in [-0.4, -0.2) is 5.11 Å². The van der Waals surface area contributed by atoms with Gasteiger partial charge >= 0.3 is 0 Å². The number of allylic oxidation sites excluding steroid dienone is 2. The van der Waals surface area contributed by atoms with Gasteiger partial charge in [0.05, 0.1) is 0 Å². The van der Waals surface area contributed by atoms with Gasteiger partial charge in [-0.05, 0) is 72.6 Å². The molecule has 2 fully saturated rings. The first-order chi connectivity index (χ1) is 10.1. The summed E-state index contributed by atoms with van der Waals surface area (Å²) in [6.07, 6.45) is 10.3. The van der Waals surface area contributed by atoms with Crippen LogP contribution in [0, 0.1) is 17.3 Å². The number of rotatable bonds is 1. The largest absolute Gasteiger partial charge is 0.508 e. The Labute approximate surface area is 128 Å². The Kier molecular flexibility index (Phi) is 2.96. The van der Waals surface area contributed by atoms with Crippen LogP contribution in [0.5, 0.6) is 5.75 Å². The Hall–Kier alpha value is -1.24. The zero-order chi connectivity index (χ0) is 14.6. The van der Waals surface area contributed by atoms with Crippen LogP contribution in [0.4, 0.5) is 0 Å². The Morgan fingerprint density at radius 3 is 2.90 bits per heavy atom. The summed E-state index contributed by atoms with van der Waals surface area (Å²) >= 11 is 0. The van der Waals surface area contributed by atoms with Crippen molar-refractivity contribution in [2.45, 2.75) is 58.3 Å². The Balaban J connectivity index is 1.73. The maximum absolute atomic E-state index is 9.72. The average molecular weight is 282 g/mol. The molecular weight excluding hydrogens is 256 g/mol. The highest BCUT2D eigenvalue weighted by molar-refractivity contribution is 5.47. The number of benzene rings is 1. The monoisotopic (exact) mass is 282 g/mol. The van der Waals surface area contributed by atoms with E-state index in [4.69, 9.17) is 0 Å². The van der Waals surface area contributed by atoms with E-state index in [9.17, 15) is 5.11 Å². The van der Waals surface area contributed by atoms with Gasteiger partial charge in [-0.2, -0.15) is 0 Å². The zero-order valence-corrected chi connectivity index (χ0v) is 13.2. The minimum absolute atomic E-state index is 0.415. The molecule has 3 aliphatic rings. The SMILES string of the molecule is CC[C@H]1CC[C@H]2C3=CCc4cc(O)ccc4[C@H]3CC[C@]12C. The third-order valence-corrected chi connectivity index (χ3v) is 6.86. The smallest absolute Gasteiger partial charge is 0.115 e. The van der Waals surface area contributed by atoms with Crippen molar-refractivity contribution in [2.24, 2.45) is 17.3 Å². The highest BCUT2D eigenvalue weighted by Crippen LogP contribution is 2.62. The van der Waals surface area contributed by atoms with Crippen LogP contribution in [0.3, 0.4) is 0 Å². The molecule has 0 aliphatic heterocycles. The topological polar surface area (TPSA) is 20.2 Å². The maximum atomic E-state index is 9.72. The van der Waals surface area contributed by atoms with Crippen molar-refractivity contribution in [2.75, 3.05) is 0 Å². The van der Waals surface area contributed by atoms with Crippen LogP contribution in [-0.2, 0) is 6.42 Å². The molecule has 0 heterocycles. The van der Waals surface area contributed by atoms with Gasteiger partial charge in [-0.15, -0.1) is 0 Å². The van der Waals surface area contributed by atoms with E-state index in [1.165, 1.54) is 43.2 Å². The van der Waals surface area contributed by atoms with E-state index in [0.717, 1.165) is 18.3 Å². The molecule has 1 aromatic carbocycles. The first-order valence-electron chi connectivity index (χ1n) is 8.65. The first kappa shape index (κ1) is 13.4. The molecule has 1 N–H and O–H groups in total. The van der Waals surface area contributed by atoms with Crippen molar-refractivity contribution < 1.29 is 5.11 Å². The first-order valence-corrected chi connectivity index (χ1v) is 8.65. The molecule has 4 atom stereocenters. The molecule has 2 saturated carbocycles. The van der Waals surface area contributed by atoms with E-state index in [2.05, 4.69) is 26.0 Å². The fourth-order valence-corrected chi connectivity index (χ4v) is 5.73. The van der Waals surface area contributed by atoms with Gasteiger partial charge in [0, 0.05) is 5.92 Å². The number of hydrogen-bond donors (Lipinski definition) is 1. The van der Waals surface area contributed by atoms with E-state index < -0.39 is 0 Å². The molecule has 0 saturated heterocycles. The lowest BCUT2D eigenvalue weighted by molar-refractivity contribution is 0.124. The summed E-state index contributed by atoms with van der Waals surface area (Å²) in [6.45, 7) is 4.93. The fraction of sp³-hybridized carbons (Fsp3) is 0.600. The molecule has 1 heteroatoms. The number of phenolic OH excluding ortho intramolecular Hbond substituents is 1. The summed E-state index contributed by atoms with van der Waals surface area (Å²) < 4.78 is 0. The number of aromatic hydroxyl groups is 1. The molecule has 21 heavy (non-hydrogen) atoms. The molecule has 0 aromatic heterocycles. The minimum Gasteiger partial charge on any atom is -0.508 e. The van der Waals surface area contributed by atoms with Gasteiger partial charge < -0.3 is 5.11 Å². The van der Waals surface area contributed by atoms with Gasteiger partial charge in [0.2, 0.25) is 0 Å². The van der Waals surface area contributed by atoms with E-state index in [-0.39, 0.29) is 0 Å². The summed E-state index contributed by atoms with van der Waals surface area (Å²) in [5.74, 6) is 2.77. The van der Waals surface area contributed by atoms with Crippen LogP contribution >= 0.6 is 0 Å². The second kappa shape index (κ2) is 4.63. The number of hydrogen-bond acceptors (Lipinski definition) is 1. The number of phenols is 1. The molecule has 1 aromatic rings. The van der Waals surface area contributed by atoms with Crippen molar-refractivity contribution in [3.8, 4) is 5.75 Å². The van der Waals surface area contributed by atoms with Gasteiger partial charge in [0.25, 0.3) is 0 Å². The van der Waals surface area contributed by atoms with Gasteiger partial charge in [0.1, 0.15) is 5.75 Å². The van der Waals surface area contributed by atoms with Crippen molar-refractivity contribution in [3.05, 3.63) is 41.0 Å². The summed E-state index contributed by atoms with van der Waals surface area (Å²) in [6, 6.07) is 6.02. The van der Waals surface area contributed by atoms with E-state index >= 15 is 0 Å². The Morgan fingerprint density at radius 2 is 2.10 bits per heavy atom. The van der Waals surface area contributed by atoms with Crippen molar-refractivity contribution in [3.63, 3.8) is 0 Å². The Bertz CT molecular complexity index is 600. The van der Waals surface area contributed by atoms with E-state index in [0.29, 0.717) is 17.1 Å². The van der Waals surface area contributed by atoms with E-state index in [1.807, 2.05) is 12.1 Å². The standard InChI is InChI=1S/C20H26O/c1-3-14-5-9-19-18-7-4-13-12-15(21)6-8-16(13)17(18)10-11-20(14,19)2/h6-8,12,14,17,19,21H,3-5,9-11H2,1-2H3/t14-,17+,19-,20+/m0/s1. The van der Waals surface area contributed by atoms with Crippen LogP contribution < -0.4 is 0 Å². The van der Waals surface area contributed by atoms with Gasteiger partial charge in [-0.3, -0.25) is 0 Å². The van der Waals surface area contributed by atoms with E-state index in [1.54, 1.807) is 5.57 Å². The van der Waals surface area contributed by atoms with Crippen molar-refractivity contribution >= 4 is 0 Å². The molecule has 112 valence electrons. The fourth-order valence-electron chi connectivity index (χ4n) is 5.73. The quantitative estimate of drug-likeness (QED) is 0.702. The predicted octanol–water partition coefficient (Wildman–Crippen LogP) is 5.19. The van der Waals surface area contributed by atoms with Crippen molar-refractivity contribution in [1.82, 2.24) is 0 Å². The molecule has 0 spiro atoms. The third kappa shape index (κ3) is 1.82. The average Bonchev–Trinajstić information content (AvgIpc) is 2.83. The second-order valence-corrected chi connectivity index (χ2v) is 7.62. The highest BCUT2D eigenvalue weighted by atomic mass is 16.3. The molecule has 4 rings (SSSR count). The highest BCUT2D eigenvalue weighted by Gasteiger charge is 2.51. The lowest BCUT2D eigenvalue weighted by Gasteiger charge is -2.47. The second-order valence-electron chi connectivity index (χ2n) is 7.62. The summed E-state index contributed by atoms with van der Waals surface area (Å²) in [7, 11) is 0. The van der Waals surface area contributed by atoms with Crippen molar-refractivity contribution in [1.29, 1.82) is 0 Å². The summed E-state index contributed by atoms with van der Waals surface area (Å²) in [5, 5.41) is 9.72. The minimum atomic E-state index is 0.415. The Morgan fingerprint density at radius 1 is 1.24 bits per heavy atom. The molecule has 0 bridgehead atoms. The van der Waals surface area contributed by atoms with Gasteiger partial charge in [-0.1, -0.05) is 38.0 Å². The maximum Gasteiger partial charge on any atom is 0.115 e. The molecule has 0 unspecified atom stereocenters. The molecule has 0 amide bonds. The molecule has 3 aliphatic carbocycles. The third-order valence-electron chi connectivity index (χ3n) is 6.86.